The van der Waals surface area contributed by atoms with Crippen molar-refractivity contribution in [3.05, 3.63) is 61.2 Å². The molecule has 0 aliphatic heterocycles. The SMILES string of the molecule is O=c1cc(NCCc2cccc(Br)c2)[nH]c(=O)[nH]1. The van der Waals surface area contributed by atoms with Crippen LogP contribution in [0.5, 0.6) is 0 Å². The zero-order valence-corrected chi connectivity index (χ0v) is 11.1. The van der Waals surface area contributed by atoms with Crippen molar-refractivity contribution in [2.75, 3.05) is 11.9 Å². The maximum absolute atomic E-state index is 11.1. The number of rotatable bonds is 4. The molecule has 0 fully saturated rings. The topological polar surface area (TPSA) is 77.8 Å². The predicted molar refractivity (Wildman–Crippen MR) is 74.0 cm³/mol. The van der Waals surface area contributed by atoms with Gasteiger partial charge in [0.05, 0.1) is 0 Å². The van der Waals surface area contributed by atoms with E-state index in [-0.39, 0.29) is 0 Å². The van der Waals surface area contributed by atoms with Crippen molar-refractivity contribution in [1.82, 2.24) is 9.97 Å². The molecule has 0 saturated carbocycles. The second-order valence-electron chi connectivity index (χ2n) is 3.81. The molecule has 1 aromatic carbocycles. The maximum Gasteiger partial charge on any atom is 0.327 e. The Morgan fingerprint density at radius 1 is 1.17 bits per heavy atom. The van der Waals surface area contributed by atoms with Crippen molar-refractivity contribution in [3.8, 4) is 0 Å². The summed E-state index contributed by atoms with van der Waals surface area (Å²) < 4.78 is 1.03. The molecule has 0 aliphatic carbocycles. The first-order valence-electron chi connectivity index (χ1n) is 5.45. The van der Waals surface area contributed by atoms with Crippen LogP contribution >= 0.6 is 15.9 Å². The van der Waals surface area contributed by atoms with Crippen LogP contribution in [0.1, 0.15) is 5.56 Å². The smallest absolute Gasteiger partial charge is 0.327 e. The fourth-order valence-electron chi connectivity index (χ4n) is 1.60. The number of halogens is 1. The van der Waals surface area contributed by atoms with Crippen LogP contribution in [0.2, 0.25) is 0 Å². The summed E-state index contributed by atoms with van der Waals surface area (Å²) in [4.78, 5) is 26.7. The average molecular weight is 310 g/mol. The Morgan fingerprint density at radius 3 is 2.72 bits per heavy atom. The third-order valence-electron chi connectivity index (χ3n) is 2.38. The average Bonchev–Trinajstić information content (AvgIpc) is 2.27. The van der Waals surface area contributed by atoms with Gasteiger partial charge < -0.3 is 5.32 Å². The highest BCUT2D eigenvalue weighted by Gasteiger charge is 1.97. The molecule has 0 atom stereocenters. The summed E-state index contributed by atoms with van der Waals surface area (Å²) in [6, 6.07) is 9.30. The summed E-state index contributed by atoms with van der Waals surface area (Å²) in [5.41, 5.74) is 0.250. The molecule has 1 aromatic heterocycles. The van der Waals surface area contributed by atoms with Gasteiger partial charge in [-0.1, -0.05) is 28.1 Å². The van der Waals surface area contributed by atoms with Crippen LogP contribution in [0.4, 0.5) is 5.82 Å². The predicted octanol–water partition coefficient (Wildman–Crippen LogP) is 1.48. The summed E-state index contributed by atoms with van der Waals surface area (Å²) in [5.74, 6) is 0.429. The number of nitrogens with one attached hydrogen (secondary N) is 3. The molecule has 0 saturated heterocycles. The molecule has 5 nitrogen and oxygen atoms in total. The lowest BCUT2D eigenvalue weighted by atomic mass is 10.1. The lowest BCUT2D eigenvalue weighted by molar-refractivity contribution is 0.974. The van der Waals surface area contributed by atoms with Crippen LogP contribution in [0.15, 0.2) is 44.4 Å². The Morgan fingerprint density at radius 2 is 2.00 bits per heavy atom. The van der Waals surface area contributed by atoms with Crippen LogP contribution in [0.3, 0.4) is 0 Å². The Balaban J connectivity index is 1.96. The molecule has 0 radical (unpaired) electrons. The van der Waals surface area contributed by atoms with Crippen molar-refractivity contribution in [3.63, 3.8) is 0 Å². The van der Waals surface area contributed by atoms with E-state index in [0.29, 0.717) is 12.4 Å². The quantitative estimate of drug-likeness (QED) is 0.800. The molecule has 6 heteroatoms. The van der Waals surface area contributed by atoms with E-state index < -0.39 is 11.2 Å². The van der Waals surface area contributed by atoms with E-state index in [0.717, 1.165) is 10.9 Å². The minimum Gasteiger partial charge on any atom is -0.371 e. The van der Waals surface area contributed by atoms with E-state index in [1.165, 1.54) is 11.6 Å². The molecule has 18 heavy (non-hydrogen) atoms. The normalized spacial score (nSPS) is 10.3. The molecule has 2 aromatic rings. The van der Waals surface area contributed by atoms with Gasteiger partial charge in [-0.3, -0.25) is 14.8 Å². The highest BCUT2D eigenvalue weighted by atomic mass is 79.9. The first-order valence-corrected chi connectivity index (χ1v) is 6.25. The number of anilines is 1. The molecule has 0 amide bonds. The van der Waals surface area contributed by atoms with E-state index in [9.17, 15) is 9.59 Å². The Bertz CT molecular complexity index is 620. The molecule has 0 spiro atoms. The van der Waals surface area contributed by atoms with Crippen LogP contribution in [-0.2, 0) is 6.42 Å². The highest BCUT2D eigenvalue weighted by molar-refractivity contribution is 9.10. The van der Waals surface area contributed by atoms with E-state index in [1.54, 1.807) is 0 Å². The van der Waals surface area contributed by atoms with E-state index in [2.05, 4.69) is 31.2 Å². The zero-order chi connectivity index (χ0) is 13.0. The third kappa shape index (κ3) is 3.59. The van der Waals surface area contributed by atoms with Gasteiger partial charge in [0.2, 0.25) is 0 Å². The molecule has 0 unspecified atom stereocenters. The Kier molecular flexibility index (Phi) is 3.99. The monoisotopic (exact) mass is 309 g/mol. The van der Waals surface area contributed by atoms with Crippen LogP contribution < -0.4 is 16.6 Å². The van der Waals surface area contributed by atoms with Crippen LogP contribution in [0.25, 0.3) is 0 Å². The van der Waals surface area contributed by atoms with Crippen molar-refractivity contribution in [2.45, 2.75) is 6.42 Å². The van der Waals surface area contributed by atoms with Gasteiger partial charge in [0.25, 0.3) is 5.56 Å². The molecule has 0 bridgehead atoms. The van der Waals surface area contributed by atoms with Crippen molar-refractivity contribution in [1.29, 1.82) is 0 Å². The summed E-state index contributed by atoms with van der Waals surface area (Å²) >= 11 is 3.40. The number of hydrogen-bond donors (Lipinski definition) is 3. The minimum atomic E-state index is -0.507. The largest absolute Gasteiger partial charge is 0.371 e. The van der Waals surface area contributed by atoms with Gasteiger partial charge in [0, 0.05) is 17.1 Å². The third-order valence-corrected chi connectivity index (χ3v) is 2.87. The van der Waals surface area contributed by atoms with Crippen LogP contribution in [0, 0.1) is 0 Å². The van der Waals surface area contributed by atoms with E-state index >= 15 is 0 Å². The van der Waals surface area contributed by atoms with Gasteiger partial charge in [-0.15, -0.1) is 0 Å². The fraction of sp³-hybridized carbons (Fsp3) is 0.167. The summed E-state index contributed by atoms with van der Waals surface area (Å²) in [7, 11) is 0. The summed E-state index contributed by atoms with van der Waals surface area (Å²) in [6.07, 6.45) is 0.800. The molecule has 2 rings (SSSR count). The van der Waals surface area contributed by atoms with E-state index in [4.69, 9.17) is 0 Å². The molecule has 94 valence electrons. The van der Waals surface area contributed by atoms with Gasteiger partial charge in [0.1, 0.15) is 5.82 Å². The summed E-state index contributed by atoms with van der Waals surface area (Å²) in [5, 5.41) is 3.00. The number of H-pyrrole nitrogens is 2. The lowest BCUT2D eigenvalue weighted by Crippen LogP contribution is -2.23. The highest BCUT2D eigenvalue weighted by Crippen LogP contribution is 2.11. The van der Waals surface area contributed by atoms with Gasteiger partial charge in [-0.25, -0.2) is 4.79 Å². The summed E-state index contributed by atoms with van der Waals surface area (Å²) in [6.45, 7) is 0.635. The Hall–Kier alpha value is -1.82. The minimum absolute atomic E-state index is 0.413. The zero-order valence-electron chi connectivity index (χ0n) is 9.50. The van der Waals surface area contributed by atoms with Crippen molar-refractivity contribution >= 4 is 21.7 Å². The van der Waals surface area contributed by atoms with Crippen LogP contribution in [-0.4, -0.2) is 16.5 Å². The molecule has 0 aliphatic rings. The number of hydrogen-bond acceptors (Lipinski definition) is 3. The first-order chi connectivity index (χ1) is 8.63. The number of aromatic amines is 2. The van der Waals surface area contributed by atoms with E-state index in [1.807, 2.05) is 24.3 Å². The first kappa shape index (κ1) is 12.6. The van der Waals surface area contributed by atoms with Gasteiger partial charge in [-0.05, 0) is 24.1 Å². The Labute approximate surface area is 111 Å². The standard InChI is InChI=1S/C12H12BrN3O2/c13-9-3-1-2-8(6-9)4-5-14-10-7-11(17)16-12(18)15-10/h1-3,6-7H,4-5H2,(H3,14,15,16,17,18). The second kappa shape index (κ2) is 5.68. The van der Waals surface area contributed by atoms with Crippen molar-refractivity contribution < 1.29 is 0 Å². The van der Waals surface area contributed by atoms with Gasteiger partial charge >= 0.3 is 5.69 Å². The molecule has 3 N–H and O–H groups in total. The molecular formula is C12H12BrN3O2. The van der Waals surface area contributed by atoms with Gasteiger partial charge in [-0.2, -0.15) is 0 Å². The number of benzene rings is 1. The second-order valence-corrected chi connectivity index (χ2v) is 4.72. The molecular weight excluding hydrogens is 298 g/mol. The molecule has 1 heterocycles. The maximum atomic E-state index is 11.1. The number of aromatic nitrogens is 2. The fourth-order valence-corrected chi connectivity index (χ4v) is 2.04. The lowest BCUT2D eigenvalue weighted by Gasteiger charge is -2.05. The van der Waals surface area contributed by atoms with Gasteiger partial charge in [0.15, 0.2) is 0 Å². The van der Waals surface area contributed by atoms with Crippen molar-refractivity contribution in [2.24, 2.45) is 0 Å².